The van der Waals surface area contributed by atoms with Crippen LogP contribution in [0.1, 0.15) is 41.4 Å². The predicted molar refractivity (Wildman–Crippen MR) is 263 cm³/mol. The van der Waals surface area contributed by atoms with Crippen LogP contribution in [0, 0.1) is 0 Å². The molecule has 0 radical (unpaired) electrons. The van der Waals surface area contributed by atoms with Gasteiger partial charge < -0.3 is 4.90 Å². The highest BCUT2D eigenvalue weighted by Crippen LogP contribution is 2.52. The Morgan fingerprint density at radius 1 is 0.323 bits per heavy atom. The number of benzene rings is 10. The summed E-state index contributed by atoms with van der Waals surface area (Å²) in [6.07, 6.45) is 0. The summed E-state index contributed by atoms with van der Waals surface area (Å²) < 4.78 is 116. The van der Waals surface area contributed by atoms with Gasteiger partial charge in [-0.15, -0.1) is 0 Å². The molecule has 0 aromatic heterocycles. The monoisotopic (exact) mass is 803 g/mol. The molecule has 0 aliphatic heterocycles. The van der Waals surface area contributed by atoms with Crippen LogP contribution >= 0.6 is 0 Å². The average Bonchev–Trinajstić information content (AvgIpc) is 3.66. The Morgan fingerprint density at radius 3 is 1.39 bits per heavy atom. The van der Waals surface area contributed by atoms with Crippen LogP contribution in [0.15, 0.2) is 236 Å². The van der Waals surface area contributed by atoms with E-state index in [2.05, 4.69) is 0 Å². The highest BCUT2D eigenvalue weighted by molar-refractivity contribution is 5.90. The fourth-order valence-corrected chi connectivity index (χ4v) is 8.78. The standard InChI is InChI=1S/C61H45N/c1-61(2)59-24-9-8-21-57(59)58-23-12-22-56(60(58)61)46-31-37-55(38-32-46)62(53-33-27-44(28-34-53)49-18-10-17-48(39-49)42-13-4-3-5-14-42)54-35-29-45(30-36-54)50-19-11-20-51(40-50)52-26-25-43-15-6-7-16-47(43)41-52/h3-41H,1-2H3/i27D,28D,29D,30D,31D,32D,33D,34D,35D,36D,37D,38D. The highest BCUT2D eigenvalue weighted by Gasteiger charge is 2.37. The maximum absolute atomic E-state index is 9.82. The molecule has 294 valence electrons. The first kappa shape index (κ1) is 26.5. The molecule has 10 aromatic rings. The smallest absolute Gasteiger partial charge is 0.0645 e. The lowest BCUT2D eigenvalue weighted by Crippen LogP contribution is -2.16. The van der Waals surface area contributed by atoms with Crippen molar-refractivity contribution in [2.75, 3.05) is 4.90 Å². The van der Waals surface area contributed by atoms with Crippen LogP contribution in [-0.4, -0.2) is 0 Å². The van der Waals surface area contributed by atoms with Crippen LogP contribution in [-0.2, 0) is 5.41 Å². The zero-order chi connectivity index (χ0) is 52.1. The number of hydrogen-bond donors (Lipinski definition) is 0. The molecular formula is C61H45N. The van der Waals surface area contributed by atoms with E-state index in [0.717, 1.165) is 60.2 Å². The molecule has 1 aliphatic carbocycles. The molecule has 0 heterocycles. The molecule has 0 fully saturated rings. The van der Waals surface area contributed by atoms with Gasteiger partial charge in [0, 0.05) is 22.5 Å². The van der Waals surface area contributed by atoms with Crippen LogP contribution in [0.25, 0.3) is 77.5 Å². The first-order chi connectivity index (χ1) is 35.5. The fourth-order valence-electron chi connectivity index (χ4n) is 8.78. The second-order valence-electron chi connectivity index (χ2n) is 16.0. The third-order valence-corrected chi connectivity index (χ3v) is 11.8. The third-order valence-electron chi connectivity index (χ3n) is 11.8. The van der Waals surface area contributed by atoms with E-state index < -0.39 is 95.0 Å². The average molecular weight is 804 g/mol. The minimum Gasteiger partial charge on any atom is -0.311 e. The van der Waals surface area contributed by atoms with Crippen molar-refractivity contribution in [2.45, 2.75) is 19.3 Å². The number of nitrogens with zero attached hydrogens (tertiary/aromatic N) is 1. The summed E-state index contributed by atoms with van der Waals surface area (Å²) in [5, 5.41) is 2.06. The lowest BCUT2D eigenvalue weighted by molar-refractivity contribution is 0.662. The van der Waals surface area contributed by atoms with Gasteiger partial charge in [-0.05, 0) is 143 Å². The van der Waals surface area contributed by atoms with E-state index in [1.807, 2.05) is 135 Å². The molecule has 0 atom stereocenters. The first-order valence-corrected chi connectivity index (χ1v) is 20.6. The van der Waals surface area contributed by atoms with E-state index in [-0.39, 0.29) is 16.7 Å². The van der Waals surface area contributed by atoms with Crippen LogP contribution in [0.5, 0.6) is 0 Å². The maximum atomic E-state index is 9.82. The Hall–Kier alpha value is -7.74. The molecule has 1 nitrogen and oxygen atoms in total. The molecule has 10 aromatic carbocycles. The Balaban J connectivity index is 1.15. The van der Waals surface area contributed by atoms with Crippen molar-refractivity contribution in [1.29, 1.82) is 0 Å². The number of hydrogen-bond acceptors (Lipinski definition) is 1. The van der Waals surface area contributed by atoms with Gasteiger partial charge in [-0.25, -0.2) is 0 Å². The van der Waals surface area contributed by atoms with Crippen molar-refractivity contribution in [3.63, 3.8) is 0 Å². The van der Waals surface area contributed by atoms with Crippen LogP contribution in [0.3, 0.4) is 0 Å². The Morgan fingerprint density at radius 2 is 0.758 bits per heavy atom. The number of fused-ring (bicyclic) bond motifs is 4. The van der Waals surface area contributed by atoms with Crippen molar-refractivity contribution >= 4 is 27.8 Å². The molecule has 0 amide bonds. The molecule has 0 saturated carbocycles. The Kier molecular flexibility index (Phi) is 6.56. The zero-order valence-electron chi connectivity index (χ0n) is 46.0. The summed E-state index contributed by atoms with van der Waals surface area (Å²) in [7, 11) is 0. The van der Waals surface area contributed by atoms with Crippen molar-refractivity contribution in [2.24, 2.45) is 0 Å². The molecule has 62 heavy (non-hydrogen) atoms. The van der Waals surface area contributed by atoms with Crippen molar-refractivity contribution in [3.8, 4) is 66.8 Å². The SMILES string of the molecule is [2H]c1c([2H])c(N(c2c([2H])c([2H])c(-c3cccc(-c4ccc5ccccc5c4)c3)c([2H])c2[2H])c2c([2H])c([2H])c(-c3cccc4c3C(C)(C)c3ccccc3-4)c([2H])c2[2H])c([2H])c([2H])c1-c1cccc(-c2ccccc2)c1. The molecule has 0 bridgehead atoms. The van der Waals surface area contributed by atoms with E-state index in [1.54, 1.807) is 42.5 Å². The predicted octanol–water partition coefficient (Wildman–Crippen LogP) is 17.0. The van der Waals surface area contributed by atoms with E-state index in [0.29, 0.717) is 16.7 Å². The van der Waals surface area contributed by atoms with Gasteiger partial charge in [-0.2, -0.15) is 0 Å². The summed E-state index contributed by atoms with van der Waals surface area (Å²) in [5.74, 6) is 0. The van der Waals surface area contributed by atoms with E-state index in [4.69, 9.17) is 0 Å². The summed E-state index contributed by atoms with van der Waals surface area (Å²) in [6, 6.07) is 44.0. The molecule has 1 aliphatic rings. The second kappa shape index (κ2) is 15.4. The maximum Gasteiger partial charge on any atom is 0.0645 e. The molecule has 11 rings (SSSR count). The van der Waals surface area contributed by atoms with Crippen molar-refractivity contribution in [1.82, 2.24) is 0 Å². The molecule has 0 spiro atoms. The quantitative estimate of drug-likeness (QED) is 0.148. The summed E-state index contributed by atoms with van der Waals surface area (Å²) in [5.41, 5.74) is 5.66. The minimum atomic E-state index is -0.671. The van der Waals surface area contributed by atoms with Gasteiger partial charge in [-0.1, -0.05) is 196 Å². The molecule has 0 unspecified atom stereocenters. The third kappa shape index (κ3) is 6.69. The Labute approximate surface area is 381 Å². The van der Waals surface area contributed by atoms with Crippen LogP contribution in [0.2, 0.25) is 0 Å². The van der Waals surface area contributed by atoms with Gasteiger partial charge in [0.15, 0.2) is 0 Å². The number of anilines is 3. The largest absolute Gasteiger partial charge is 0.311 e. The lowest BCUT2D eigenvalue weighted by Gasteiger charge is -2.27. The normalized spacial score (nSPS) is 15.2. The first-order valence-electron chi connectivity index (χ1n) is 26.6. The van der Waals surface area contributed by atoms with E-state index >= 15 is 0 Å². The summed E-state index contributed by atoms with van der Waals surface area (Å²) in [6.45, 7) is 4.09. The van der Waals surface area contributed by atoms with Crippen LogP contribution in [0.4, 0.5) is 17.1 Å². The van der Waals surface area contributed by atoms with Gasteiger partial charge in [-0.3, -0.25) is 0 Å². The Bertz CT molecular complexity index is 3890. The van der Waals surface area contributed by atoms with Crippen molar-refractivity contribution < 1.29 is 16.4 Å². The zero-order valence-corrected chi connectivity index (χ0v) is 34.0. The van der Waals surface area contributed by atoms with Crippen LogP contribution < -0.4 is 4.90 Å². The lowest BCUT2D eigenvalue weighted by atomic mass is 9.79. The van der Waals surface area contributed by atoms with Crippen molar-refractivity contribution in [3.05, 3.63) is 247 Å². The molecule has 1 heteroatoms. The second-order valence-corrected chi connectivity index (χ2v) is 16.0. The number of rotatable bonds is 8. The van der Waals surface area contributed by atoms with Gasteiger partial charge in [0.1, 0.15) is 0 Å². The summed E-state index contributed by atoms with van der Waals surface area (Å²) >= 11 is 0. The van der Waals surface area contributed by atoms with Gasteiger partial charge in [0.25, 0.3) is 0 Å². The topological polar surface area (TPSA) is 3.24 Å². The molecule has 0 saturated heterocycles. The molecular weight excluding hydrogens is 747 g/mol. The summed E-state index contributed by atoms with van der Waals surface area (Å²) in [4.78, 5) is 0.876. The van der Waals surface area contributed by atoms with E-state index in [1.165, 1.54) is 0 Å². The minimum absolute atomic E-state index is 0.0177. The van der Waals surface area contributed by atoms with Gasteiger partial charge in [0.2, 0.25) is 0 Å². The van der Waals surface area contributed by atoms with Gasteiger partial charge >= 0.3 is 0 Å². The molecule has 0 N–H and O–H groups in total. The highest BCUT2D eigenvalue weighted by atomic mass is 15.1. The van der Waals surface area contributed by atoms with E-state index in [9.17, 15) is 16.4 Å². The van der Waals surface area contributed by atoms with Gasteiger partial charge in [0.05, 0.1) is 16.4 Å². The fraction of sp³-hybridized carbons (Fsp3) is 0.0492.